The van der Waals surface area contributed by atoms with Crippen LogP contribution in [0.2, 0.25) is 0 Å². The second-order valence-corrected chi connectivity index (χ2v) is 3.93. The van der Waals surface area contributed by atoms with Crippen molar-refractivity contribution in [3.63, 3.8) is 0 Å². The summed E-state index contributed by atoms with van der Waals surface area (Å²) in [5, 5.41) is 0. The van der Waals surface area contributed by atoms with Gasteiger partial charge in [0, 0.05) is 19.8 Å². The lowest BCUT2D eigenvalue weighted by Crippen LogP contribution is -2.03. The van der Waals surface area contributed by atoms with E-state index < -0.39 is 0 Å². The first kappa shape index (κ1) is 14.0. The lowest BCUT2D eigenvalue weighted by atomic mass is 10.2. The molecule has 0 saturated heterocycles. The summed E-state index contributed by atoms with van der Waals surface area (Å²) in [4.78, 5) is 0. The van der Waals surface area contributed by atoms with Crippen molar-refractivity contribution in [3.8, 4) is 5.75 Å². The Labute approximate surface area is 104 Å². The maximum atomic E-state index is 5.63. The number of hydrogen-bond donors (Lipinski definition) is 0. The van der Waals surface area contributed by atoms with Gasteiger partial charge in [-0.25, -0.2) is 0 Å². The highest BCUT2D eigenvalue weighted by Crippen LogP contribution is 2.20. The highest BCUT2D eigenvalue weighted by Gasteiger charge is 2.07. The average Bonchev–Trinajstić information content (AvgIpc) is 2.38. The van der Waals surface area contributed by atoms with Gasteiger partial charge in [0.15, 0.2) is 6.29 Å². The molecule has 1 rings (SSSR count). The van der Waals surface area contributed by atoms with Crippen LogP contribution >= 0.6 is 0 Å². The van der Waals surface area contributed by atoms with Gasteiger partial charge < -0.3 is 14.2 Å². The molecule has 0 bridgehead atoms. The lowest BCUT2D eigenvalue weighted by molar-refractivity contribution is -0.106. The molecule has 0 amide bonds. The summed E-state index contributed by atoms with van der Waals surface area (Å²) >= 11 is 0. The van der Waals surface area contributed by atoms with E-state index in [4.69, 9.17) is 14.2 Å². The van der Waals surface area contributed by atoms with E-state index in [9.17, 15) is 0 Å². The Morgan fingerprint density at radius 3 is 2.18 bits per heavy atom. The average molecular weight is 238 g/mol. The Bertz CT molecular complexity index is 291. The number of benzene rings is 1. The molecule has 0 unspecified atom stereocenters. The van der Waals surface area contributed by atoms with Gasteiger partial charge in [0.1, 0.15) is 5.75 Å². The topological polar surface area (TPSA) is 27.7 Å². The normalized spacial score (nSPS) is 10.8. The van der Waals surface area contributed by atoms with Crippen LogP contribution in [-0.4, -0.2) is 20.8 Å². The fraction of sp³-hybridized carbons (Fsp3) is 0.571. The molecule has 96 valence electrons. The van der Waals surface area contributed by atoms with Crippen molar-refractivity contribution in [2.75, 3.05) is 20.8 Å². The van der Waals surface area contributed by atoms with Gasteiger partial charge in [-0.1, -0.05) is 31.9 Å². The second kappa shape index (κ2) is 8.09. The van der Waals surface area contributed by atoms with E-state index in [2.05, 4.69) is 6.92 Å². The molecule has 3 nitrogen and oxygen atoms in total. The maximum Gasteiger partial charge on any atom is 0.183 e. The Morgan fingerprint density at radius 1 is 1.00 bits per heavy atom. The summed E-state index contributed by atoms with van der Waals surface area (Å²) < 4.78 is 16.0. The first-order chi connectivity index (χ1) is 8.31. The van der Waals surface area contributed by atoms with E-state index in [0.29, 0.717) is 0 Å². The van der Waals surface area contributed by atoms with Crippen molar-refractivity contribution < 1.29 is 14.2 Å². The number of unbranched alkanes of at least 4 members (excludes halogenated alkanes) is 2. The van der Waals surface area contributed by atoms with E-state index in [1.807, 2.05) is 24.3 Å². The minimum atomic E-state index is -0.302. The molecule has 0 aromatic heterocycles. The zero-order chi connectivity index (χ0) is 12.5. The van der Waals surface area contributed by atoms with Crippen LogP contribution in [0.4, 0.5) is 0 Å². The lowest BCUT2D eigenvalue weighted by Gasteiger charge is -2.14. The summed E-state index contributed by atoms with van der Waals surface area (Å²) in [6.45, 7) is 2.97. The molecular weight excluding hydrogens is 216 g/mol. The van der Waals surface area contributed by atoms with E-state index in [1.165, 1.54) is 12.8 Å². The summed E-state index contributed by atoms with van der Waals surface area (Å²) in [5.41, 5.74) is 0.996. The molecule has 0 aliphatic heterocycles. The summed E-state index contributed by atoms with van der Waals surface area (Å²) in [6.07, 6.45) is 3.24. The molecule has 0 aliphatic carbocycles. The van der Waals surface area contributed by atoms with Crippen molar-refractivity contribution in [3.05, 3.63) is 29.8 Å². The van der Waals surface area contributed by atoms with Crippen LogP contribution in [0.1, 0.15) is 38.0 Å². The minimum Gasteiger partial charge on any atom is -0.494 e. The summed E-state index contributed by atoms with van der Waals surface area (Å²) in [7, 11) is 3.26. The highest BCUT2D eigenvalue weighted by atomic mass is 16.7. The third kappa shape index (κ3) is 4.75. The number of hydrogen-bond acceptors (Lipinski definition) is 3. The van der Waals surface area contributed by atoms with Gasteiger partial charge >= 0.3 is 0 Å². The fourth-order valence-electron chi connectivity index (χ4n) is 1.63. The molecule has 0 aliphatic rings. The van der Waals surface area contributed by atoms with Crippen molar-refractivity contribution in [1.82, 2.24) is 0 Å². The molecule has 1 aromatic carbocycles. The van der Waals surface area contributed by atoms with E-state index in [1.54, 1.807) is 14.2 Å². The van der Waals surface area contributed by atoms with Gasteiger partial charge in [0.2, 0.25) is 0 Å². The summed E-state index contributed by atoms with van der Waals surface area (Å²) in [5.74, 6) is 0.899. The molecule has 17 heavy (non-hydrogen) atoms. The van der Waals surface area contributed by atoms with Gasteiger partial charge in [-0.05, 0) is 18.6 Å². The molecule has 0 fully saturated rings. The Hall–Kier alpha value is -1.06. The van der Waals surface area contributed by atoms with Crippen molar-refractivity contribution >= 4 is 0 Å². The van der Waals surface area contributed by atoms with Gasteiger partial charge in [0.25, 0.3) is 0 Å². The first-order valence-electron chi connectivity index (χ1n) is 6.10. The van der Waals surface area contributed by atoms with E-state index in [-0.39, 0.29) is 6.29 Å². The smallest absolute Gasteiger partial charge is 0.183 e. The molecule has 0 atom stereocenters. The minimum absolute atomic E-state index is 0.302. The van der Waals surface area contributed by atoms with Gasteiger partial charge in [-0.15, -0.1) is 0 Å². The van der Waals surface area contributed by atoms with Crippen LogP contribution in [0.5, 0.6) is 5.75 Å². The Morgan fingerprint density at radius 2 is 1.65 bits per heavy atom. The number of ether oxygens (including phenoxy) is 3. The van der Waals surface area contributed by atoms with Crippen LogP contribution in [-0.2, 0) is 9.47 Å². The second-order valence-electron chi connectivity index (χ2n) is 3.93. The monoisotopic (exact) mass is 238 g/mol. The van der Waals surface area contributed by atoms with Gasteiger partial charge in [0.05, 0.1) is 6.61 Å². The standard InChI is InChI=1S/C14H22O3/c1-4-5-6-11-17-13-9-7-12(8-10-13)14(15-2)16-3/h7-10,14H,4-6,11H2,1-3H3. The SMILES string of the molecule is CCCCCOc1ccc(C(OC)OC)cc1. The zero-order valence-electron chi connectivity index (χ0n) is 10.9. The van der Waals surface area contributed by atoms with Crippen molar-refractivity contribution in [2.45, 2.75) is 32.5 Å². The molecule has 3 heteroatoms. The van der Waals surface area contributed by atoms with Crippen molar-refractivity contribution in [1.29, 1.82) is 0 Å². The molecule has 0 N–H and O–H groups in total. The molecule has 0 spiro atoms. The molecule has 0 radical (unpaired) electrons. The summed E-state index contributed by atoms with van der Waals surface area (Å²) in [6, 6.07) is 7.83. The van der Waals surface area contributed by atoms with Crippen LogP contribution in [0.25, 0.3) is 0 Å². The third-order valence-corrected chi connectivity index (χ3v) is 2.60. The third-order valence-electron chi connectivity index (χ3n) is 2.60. The Kier molecular flexibility index (Phi) is 6.67. The molecule has 0 heterocycles. The quantitative estimate of drug-likeness (QED) is 0.512. The predicted molar refractivity (Wildman–Crippen MR) is 68.2 cm³/mol. The van der Waals surface area contributed by atoms with Crippen molar-refractivity contribution in [2.24, 2.45) is 0 Å². The van der Waals surface area contributed by atoms with Crippen LogP contribution in [0, 0.1) is 0 Å². The highest BCUT2D eigenvalue weighted by molar-refractivity contribution is 5.27. The predicted octanol–water partition coefficient (Wildman–Crippen LogP) is 3.55. The van der Waals surface area contributed by atoms with E-state index >= 15 is 0 Å². The molecule has 0 saturated carbocycles. The molecule has 1 aromatic rings. The zero-order valence-corrected chi connectivity index (χ0v) is 10.9. The number of methoxy groups -OCH3 is 2. The van der Waals surface area contributed by atoms with Crippen LogP contribution in [0.15, 0.2) is 24.3 Å². The van der Waals surface area contributed by atoms with Gasteiger partial charge in [-0.3, -0.25) is 0 Å². The van der Waals surface area contributed by atoms with Gasteiger partial charge in [-0.2, -0.15) is 0 Å². The first-order valence-corrected chi connectivity index (χ1v) is 6.10. The maximum absolute atomic E-state index is 5.63. The van der Waals surface area contributed by atoms with Crippen LogP contribution in [0.3, 0.4) is 0 Å². The molecular formula is C14H22O3. The Balaban J connectivity index is 2.44. The van der Waals surface area contributed by atoms with Crippen LogP contribution < -0.4 is 4.74 Å². The number of rotatable bonds is 8. The largest absolute Gasteiger partial charge is 0.494 e. The van der Waals surface area contributed by atoms with E-state index in [0.717, 1.165) is 24.3 Å². The fourth-order valence-corrected chi connectivity index (χ4v) is 1.63.